The molecule has 1 saturated heterocycles. The van der Waals surface area contributed by atoms with E-state index in [0.29, 0.717) is 6.54 Å². The molecule has 1 aliphatic heterocycles. The van der Waals surface area contributed by atoms with E-state index in [2.05, 4.69) is 40.5 Å². The molecule has 0 aromatic heterocycles. The highest BCUT2D eigenvalue weighted by Gasteiger charge is 2.15. The van der Waals surface area contributed by atoms with Crippen LogP contribution < -0.4 is 10.1 Å². The van der Waals surface area contributed by atoms with Gasteiger partial charge >= 0.3 is 0 Å². The van der Waals surface area contributed by atoms with Crippen molar-refractivity contribution in [1.29, 1.82) is 0 Å². The van der Waals surface area contributed by atoms with Crippen LogP contribution >= 0.6 is 0 Å². The molecule has 0 unspecified atom stereocenters. The fraction of sp³-hybridized carbons (Fsp3) is 0.458. The highest BCUT2D eigenvalue weighted by atomic mass is 16.5. The number of nitrogens with one attached hydrogen (secondary N) is 1. The summed E-state index contributed by atoms with van der Waals surface area (Å²) in [6.45, 7) is 4.06. The maximum atomic E-state index is 12.2. The summed E-state index contributed by atoms with van der Waals surface area (Å²) in [5.74, 6) is 0.799. The topological polar surface area (TPSA) is 41.6 Å². The fourth-order valence-corrected chi connectivity index (χ4v) is 4.24. The lowest BCUT2D eigenvalue weighted by molar-refractivity contribution is -0.123. The summed E-state index contributed by atoms with van der Waals surface area (Å²) in [4.78, 5) is 14.7. The summed E-state index contributed by atoms with van der Waals surface area (Å²) in [6.07, 6.45) is 7.25. The number of hydrogen-bond donors (Lipinski definition) is 1. The molecule has 1 heterocycles. The number of aryl methyl sites for hydroxylation is 1. The van der Waals surface area contributed by atoms with Gasteiger partial charge in [0, 0.05) is 13.1 Å². The van der Waals surface area contributed by atoms with E-state index in [-0.39, 0.29) is 12.5 Å². The number of fused-ring (bicyclic) bond motifs is 1. The van der Waals surface area contributed by atoms with Crippen LogP contribution in [0.4, 0.5) is 0 Å². The predicted molar refractivity (Wildman–Crippen MR) is 111 cm³/mol. The summed E-state index contributed by atoms with van der Waals surface area (Å²) in [7, 11) is 0. The molecule has 4 rings (SSSR count). The van der Waals surface area contributed by atoms with Gasteiger partial charge in [-0.2, -0.15) is 0 Å². The molecule has 0 spiro atoms. The van der Waals surface area contributed by atoms with Crippen LogP contribution in [0, 0.1) is 0 Å². The number of nitrogens with zero attached hydrogens (tertiary/aromatic N) is 1. The van der Waals surface area contributed by atoms with Crippen LogP contribution in [0.5, 0.6) is 5.75 Å². The Morgan fingerprint density at radius 1 is 0.929 bits per heavy atom. The van der Waals surface area contributed by atoms with Gasteiger partial charge in [0.05, 0.1) is 0 Å². The van der Waals surface area contributed by atoms with E-state index in [1.807, 2.05) is 12.1 Å². The highest BCUT2D eigenvalue weighted by molar-refractivity contribution is 5.77. The Morgan fingerprint density at radius 2 is 1.68 bits per heavy atom. The Labute approximate surface area is 167 Å². The standard InChI is InChI=1S/C24H30N2O2/c27-24(18-28-23-9-5-7-21-6-1-2-8-22(21)23)25-16-19-10-12-20(13-11-19)17-26-14-3-4-15-26/h5,7,9-13H,1-4,6,8,14-18H2,(H,25,27). The second-order valence-electron chi connectivity index (χ2n) is 7.97. The van der Waals surface area contributed by atoms with Gasteiger partial charge in [-0.3, -0.25) is 9.69 Å². The van der Waals surface area contributed by atoms with Crippen LogP contribution in [-0.2, 0) is 30.7 Å². The normalized spacial score (nSPS) is 16.6. The molecular formula is C24H30N2O2. The lowest BCUT2D eigenvalue weighted by Crippen LogP contribution is -2.28. The molecule has 1 aliphatic carbocycles. The number of carbonyl (C=O) groups is 1. The zero-order chi connectivity index (χ0) is 19.2. The van der Waals surface area contributed by atoms with Crippen LogP contribution in [0.2, 0.25) is 0 Å². The first-order valence-corrected chi connectivity index (χ1v) is 10.6. The Kier molecular flexibility index (Phi) is 6.27. The van der Waals surface area contributed by atoms with E-state index >= 15 is 0 Å². The van der Waals surface area contributed by atoms with Gasteiger partial charge in [0.2, 0.25) is 0 Å². The lowest BCUT2D eigenvalue weighted by Gasteiger charge is -2.19. The Bertz CT molecular complexity index is 795. The number of carbonyl (C=O) groups excluding carboxylic acids is 1. The predicted octanol–water partition coefficient (Wildman–Crippen LogP) is 3.86. The minimum atomic E-state index is -0.0745. The van der Waals surface area contributed by atoms with Crippen molar-refractivity contribution in [3.63, 3.8) is 0 Å². The average molecular weight is 379 g/mol. The number of amides is 1. The molecule has 1 N–H and O–H groups in total. The summed E-state index contributed by atoms with van der Waals surface area (Å²) < 4.78 is 5.83. The summed E-state index contributed by atoms with van der Waals surface area (Å²) >= 11 is 0. The van der Waals surface area contributed by atoms with Crippen molar-refractivity contribution in [2.24, 2.45) is 0 Å². The van der Waals surface area contributed by atoms with Crippen molar-refractivity contribution in [3.05, 3.63) is 64.7 Å². The van der Waals surface area contributed by atoms with Gasteiger partial charge in [0.15, 0.2) is 6.61 Å². The van der Waals surface area contributed by atoms with Crippen LogP contribution in [0.25, 0.3) is 0 Å². The fourth-order valence-electron chi connectivity index (χ4n) is 4.24. The molecule has 2 aromatic rings. The lowest BCUT2D eigenvalue weighted by atomic mass is 9.91. The van der Waals surface area contributed by atoms with Crippen LogP contribution in [0.3, 0.4) is 0 Å². The second-order valence-corrected chi connectivity index (χ2v) is 7.97. The Morgan fingerprint density at radius 3 is 2.50 bits per heavy atom. The van der Waals surface area contributed by atoms with Crippen molar-refractivity contribution < 1.29 is 9.53 Å². The second kappa shape index (κ2) is 9.24. The van der Waals surface area contributed by atoms with Gasteiger partial charge in [-0.1, -0.05) is 36.4 Å². The zero-order valence-electron chi connectivity index (χ0n) is 16.6. The molecule has 0 bridgehead atoms. The summed E-state index contributed by atoms with van der Waals surface area (Å²) in [5.41, 5.74) is 5.12. The first-order valence-electron chi connectivity index (χ1n) is 10.6. The van der Waals surface area contributed by atoms with Crippen LogP contribution in [0.1, 0.15) is 47.9 Å². The van der Waals surface area contributed by atoms with E-state index in [1.165, 1.54) is 55.5 Å². The minimum Gasteiger partial charge on any atom is -0.483 e. The molecular weight excluding hydrogens is 348 g/mol. The molecule has 0 saturated carbocycles. The van der Waals surface area contributed by atoms with E-state index in [4.69, 9.17) is 4.74 Å². The molecule has 0 radical (unpaired) electrons. The summed E-state index contributed by atoms with van der Waals surface area (Å²) in [6, 6.07) is 14.8. The SMILES string of the molecule is O=C(COc1cccc2c1CCCC2)NCc1ccc(CN2CCCC2)cc1. The third kappa shape index (κ3) is 4.93. The van der Waals surface area contributed by atoms with Gasteiger partial charge in [-0.15, -0.1) is 0 Å². The van der Waals surface area contributed by atoms with Gasteiger partial charge in [0.1, 0.15) is 5.75 Å². The number of hydrogen-bond acceptors (Lipinski definition) is 3. The smallest absolute Gasteiger partial charge is 0.258 e. The van der Waals surface area contributed by atoms with Crippen molar-refractivity contribution >= 4 is 5.91 Å². The largest absolute Gasteiger partial charge is 0.483 e. The van der Waals surface area contributed by atoms with Crippen molar-refractivity contribution in [1.82, 2.24) is 10.2 Å². The number of rotatable bonds is 7. The van der Waals surface area contributed by atoms with Gasteiger partial charge in [-0.25, -0.2) is 0 Å². The number of likely N-dealkylation sites (tertiary alicyclic amines) is 1. The first-order chi connectivity index (χ1) is 13.8. The monoisotopic (exact) mass is 378 g/mol. The van der Waals surface area contributed by atoms with Gasteiger partial charge < -0.3 is 10.1 Å². The first kappa shape index (κ1) is 19.0. The van der Waals surface area contributed by atoms with Crippen LogP contribution in [0.15, 0.2) is 42.5 Å². The van der Waals surface area contributed by atoms with Crippen molar-refractivity contribution in [2.75, 3.05) is 19.7 Å². The molecule has 0 atom stereocenters. The zero-order valence-corrected chi connectivity index (χ0v) is 16.6. The molecule has 1 fully saturated rings. The number of ether oxygens (including phenoxy) is 1. The van der Waals surface area contributed by atoms with Gasteiger partial charge in [0.25, 0.3) is 5.91 Å². The van der Waals surface area contributed by atoms with E-state index < -0.39 is 0 Å². The molecule has 28 heavy (non-hydrogen) atoms. The molecule has 1 amide bonds. The summed E-state index contributed by atoms with van der Waals surface area (Å²) in [5, 5.41) is 2.97. The Balaban J connectivity index is 1.23. The molecule has 4 nitrogen and oxygen atoms in total. The van der Waals surface area contributed by atoms with Crippen molar-refractivity contribution in [3.8, 4) is 5.75 Å². The number of benzene rings is 2. The molecule has 148 valence electrons. The molecule has 2 aromatic carbocycles. The van der Waals surface area contributed by atoms with Crippen molar-refractivity contribution in [2.45, 2.75) is 51.6 Å². The third-order valence-electron chi connectivity index (χ3n) is 5.83. The highest BCUT2D eigenvalue weighted by Crippen LogP contribution is 2.29. The minimum absolute atomic E-state index is 0.0729. The average Bonchev–Trinajstić information content (AvgIpc) is 3.25. The molecule has 4 heteroatoms. The van der Waals surface area contributed by atoms with Crippen LogP contribution in [-0.4, -0.2) is 30.5 Å². The Hall–Kier alpha value is -2.33. The van der Waals surface area contributed by atoms with Gasteiger partial charge in [-0.05, 0) is 79.9 Å². The van der Waals surface area contributed by atoms with E-state index in [9.17, 15) is 4.79 Å². The maximum Gasteiger partial charge on any atom is 0.258 e. The van der Waals surface area contributed by atoms with E-state index in [0.717, 1.165) is 30.7 Å². The third-order valence-corrected chi connectivity index (χ3v) is 5.83. The quantitative estimate of drug-likeness (QED) is 0.796. The maximum absolute atomic E-state index is 12.2. The van der Waals surface area contributed by atoms with E-state index in [1.54, 1.807) is 0 Å². The molecule has 2 aliphatic rings.